The van der Waals surface area contributed by atoms with Gasteiger partial charge in [0.15, 0.2) is 10.7 Å². The standard InChI is InChI=1S/C17H22N6O2S/c1-12-8-16-18-11-19-23(16)10-15(12)14-4-6-22(7-5-14)26(24,25)17-9-13(2)20-21(17)3/h8-11,14H,4-7H2,1-3H3. The molecule has 1 saturated heterocycles. The maximum Gasteiger partial charge on any atom is 0.260 e. The van der Waals surface area contributed by atoms with E-state index in [2.05, 4.69) is 22.1 Å². The molecule has 0 aliphatic carbocycles. The van der Waals surface area contributed by atoms with E-state index in [9.17, 15) is 8.42 Å². The third-order valence-electron chi connectivity index (χ3n) is 5.12. The van der Waals surface area contributed by atoms with Crippen molar-refractivity contribution in [1.29, 1.82) is 0 Å². The molecular weight excluding hydrogens is 352 g/mol. The molecule has 0 radical (unpaired) electrons. The van der Waals surface area contributed by atoms with Gasteiger partial charge < -0.3 is 0 Å². The lowest BCUT2D eigenvalue weighted by Gasteiger charge is -2.31. The highest BCUT2D eigenvalue weighted by atomic mass is 32.2. The average Bonchev–Trinajstić information content (AvgIpc) is 3.19. The van der Waals surface area contributed by atoms with Crippen molar-refractivity contribution < 1.29 is 8.42 Å². The number of nitrogens with zero attached hydrogens (tertiary/aromatic N) is 6. The summed E-state index contributed by atoms with van der Waals surface area (Å²) in [5, 5.41) is 8.63. The average molecular weight is 374 g/mol. The minimum absolute atomic E-state index is 0.258. The summed E-state index contributed by atoms with van der Waals surface area (Å²) in [6, 6.07) is 3.66. The number of aromatic nitrogens is 5. The first-order chi connectivity index (χ1) is 12.4. The van der Waals surface area contributed by atoms with Gasteiger partial charge in [-0.3, -0.25) is 4.68 Å². The van der Waals surface area contributed by atoms with E-state index in [0.29, 0.717) is 24.7 Å². The highest BCUT2D eigenvalue weighted by Crippen LogP contribution is 2.32. The monoisotopic (exact) mass is 374 g/mol. The smallest absolute Gasteiger partial charge is 0.256 e. The third-order valence-corrected chi connectivity index (χ3v) is 7.08. The fourth-order valence-electron chi connectivity index (χ4n) is 3.77. The summed E-state index contributed by atoms with van der Waals surface area (Å²) in [5.74, 6) is 0.323. The minimum atomic E-state index is -3.51. The number of piperidine rings is 1. The fraction of sp³-hybridized carbons (Fsp3) is 0.471. The lowest BCUT2D eigenvalue weighted by molar-refractivity contribution is 0.316. The van der Waals surface area contributed by atoms with E-state index in [1.54, 1.807) is 35.2 Å². The first-order valence-electron chi connectivity index (χ1n) is 8.67. The third kappa shape index (κ3) is 2.80. The predicted molar refractivity (Wildman–Crippen MR) is 96.4 cm³/mol. The molecule has 4 rings (SSSR count). The van der Waals surface area contributed by atoms with Gasteiger partial charge in [0.2, 0.25) is 0 Å². The molecule has 1 aliphatic rings. The van der Waals surface area contributed by atoms with Crippen molar-refractivity contribution in [2.24, 2.45) is 7.05 Å². The van der Waals surface area contributed by atoms with E-state index in [-0.39, 0.29) is 5.03 Å². The van der Waals surface area contributed by atoms with Crippen molar-refractivity contribution in [1.82, 2.24) is 28.7 Å². The fourth-order valence-corrected chi connectivity index (χ4v) is 5.42. The van der Waals surface area contributed by atoms with Crippen molar-refractivity contribution >= 4 is 15.7 Å². The van der Waals surface area contributed by atoms with Crippen LogP contribution in [0.1, 0.15) is 35.6 Å². The van der Waals surface area contributed by atoms with Gasteiger partial charge in [0.1, 0.15) is 6.33 Å². The number of hydrogen-bond donors (Lipinski definition) is 0. The number of aryl methyl sites for hydroxylation is 3. The number of fused-ring (bicyclic) bond motifs is 1. The summed E-state index contributed by atoms with van der Waals surface area (Å²) in [6.07, 6.45) is 5.15. The SMILES string of the molecule is Cc1cc(S(=O)(=O)N2CCC(c3cn4ncnc4cc3C)CC2)n(C)n1. The maximum atomic E-state index is 12.9. The zero-order chi connectivity index (χ0) is 18.5. The molecule has 26 heavy (non-hydrogen) atoms. The topological polar surface area (TPSA) is 85.4 Å². The quantitative estimate of drug-likeness (QED) is 0.696. The second kappa shape index (κ2) is 6.17. The van der Waals surface area contributed by atoms with Gasteiger partial charge in [-0.1, -0.05) is 0 Å². The van der Waals surface area contributed by atoms with Crippen LogP contribution in [0.5, 0.6) is 0 Å². The Bertz CT molecular complexity index is 1060. The Morgan fingerprint density at radius 3 is 2.54 bits per heavy atom. The molecule has 0 N–H and O–H groups in total. The molecule has 4 heterocycles. The van der Waals surface area contributed by atoms with Crippen LogP contribution in [0.2, 0.25) is 0 Å². The van der Waals surface area contributed by atoms with Crippen LogP contribution >= 0.6 is 0 Å². The second-order valence-corrected chi connectivity index (χ2v) is 8.79. The van der Waals surface area contributed by atoms with Crippen LogP contribution < -0.4 is 0 Å². The minimum Gasteiger partial charge on any atom is -0.256 e. The number of sulfonamides is 1. The largest absolute Gasteiger partial charge is 0.260 e. The molecule has 9 heteroatoms. The molecule has 3 aromatic heterocycles. The molecule has 0 unspecified atom stereocenters. The maximum absolute atomic E-state index is 12.9. The Morgan fingerprint density at radius 1 is 1.15 bits per heavy atom. The molecule has 0 bridgehead atoms. The van der Waals surface area contributed by atoms with Gasteiger partial charge in [0, 0.05) is 26.3 Å². The van der Waals surface area contributed by atoms with Gasteiger partial charge >= 0.3 is 0 Å². The zero-order valence-corrected chi connectivity index (χ0v) is 15.9. The van der Waals surface area contributed by atoms with Crippen molar-refractivity contribution in [2.75, 3.05) is 13.1 Å². The molecule has 3 aromatic rings. The van der Waals surface area contributed by atoms with E-state index in [4.69, 9.17) is 0 Å². The Balaban J connectivity index is 1.55. The van der Waals surface area contributed by atoms with Crippen LogP contribution in [0.4, 0.5) is 0 Å². The summed E-state index contributed by atoms with van der Waals surface area (Å²) < 4.78 is 30.6. The Labute approximate surface area is 152 Å². The molecule has 0 amide bonds. The Hall–Kier alpha value is -2.26. The van der Waals surface area contributed by atoms with Crippen LogP contribution in [-0.4, -0.2) is 50.2 Å². The Kier molecular flexibility index (Phi) is 4.07. The summed E-state index contributed by atoms with van der Waals surface area (Å²) >= 11 is 0. The normalized spacial score (nSPS) is 17.2. The second-order valence-electron chi connectivity index (χ2n) is 6.90. The Morgan fingerprint density at radius 2 is 1.88 bits per heavy atom. The molecular formula is C17H22N6O2S. The van der Waals surface area contributed by atoms with Crippen molar-refractivity contribution in [3.63, 3.8) is 0 Å². The summed E-state index contributed by atoms with van der Waals surface area (Å²) in [4.78, 5) is 4.21. The highest BCUT2D eigenvalue weighted by Gasteiger charge is 2.32. The van der Waals surface area contributed by atoms with Crippen LogP contribution in [-0.2, 0) is 17.1 Å². The predicted octanol–water partition coefficient (Wildman–Crippen LogP) is 1.65. The molecule has 1 aliphatic heterocycles. The van der Waals surface area contributed by atoms with Crippen LogP contribution in [0.25, 0.3) is 5.65 Å². The van der Waals surface area contributed by atoms with Crippen LogP contribution in [0.3, 0.4) is 0 Å². The van der Waals surface area contributed by atoms with Gasteiger partial charge in [0.05, 0.1) is 5.69 Å². The molecule has 0 spiro atoms. The molecule has 0 aromatic carbocycles. The lowest BCUT2D eigenvalue weighted by atomic mass is 9.89. The van der Waals surface area contributed by atoms with Crippen LogP contribution in [0, 0.1) is 13.8 Å². The first kappa shape index (κ1) is 17.2. The van der Waals surface area contributed by atoms with Crippen molar-refractivity contribution in [3.8, 4) is 0 Å². The molecule has 8 nitrogen and oxygen atoms in total. The molecule has 0 atom stereocenters. The van der Waals surface area contributed by atoms with Crippen LogP contribution in [0.15, 0.2) is 29.7 Å². The summed E-state index contributed by atoms with van der Waals surface area (Å²) in [7, 11) is -1.84. The zero-order valence-electron chi connectivity index (χ0n) is 15.1. The van der Waals surface area contributed by atoms with Crippen molar-refractivity contribution in [2.45, 2.75) is 37.6 Å². The molecule has 1 fully saturated rings. The van der Waals surface area contributed by atoms with Gasteiger partial charge in [-0.25, -0.2) is 17.9 Å². The van der Waals surface area contributed by atoms with Gasteiger partial charge in [0.25, 0.3) is 10.0 Å². The van der Waals surface area contributed by atoms with E-state index >= 15 is 0 Å². The first-order valence-corrected chi connectivity index (χ1v) is 10.1. The van der Waals surface area contributed by atoms with Crippen molar-refractivity contribution in [3.05, 3.63) is 41.5 Å². The number of hydrogen-bond acceptors (Lipinski definition) is 5. The van der Waals surface area contributed by atoms with Gasteiger partial charge in [-0.2, -0.15) is 14.5 Å². The lowest BCUT2D eigenvalue weighted by Crippen LogP contribution is -2.38. The summed E-state index contributed by atoms with van der Waals surface area (Å²) in [6.45, 7) is 4.89. The van der Waals surface area contributed by atoms with Gasteiger partial charge in [-0.05, 0) is 55.9 Å². The van der Waals surface area contributed by atoms with E-state index < -0.39 is 10.0 Å². The number of rotatable bonds is 3. The molecule has 0 saturated carbocycles. The highest BCUT2D eigenvalue weighted by molar-refractivity contribution is 7.89. The number of pyridine rings is 1. The van der Waals surface area contributed by atoms with E-state index in [0.717, 1.165) is 18.5 Å². The molecule has 138 valence electrons. The van der Waals surface area contributed by atoms with Gasteiger partial charge in [-0.15, -0.1) is 0 Å². The van der Waals surface area contributed by atoms with E-state index in [1.165, 1.54) is 15.8 Å². The van der Waals surface area contributed by atoms with E-state index in [1.807, 2.05) is 12.3 Å². The summed E-state index contributed by atoms with van der Waals surface area (Å²) in [5.41, 5.74) is 3.93.